The van der Waals surface area contributed by atoms with E-state index in [-0.39, 0.29) is 29.4 Å². The van der Waals surface area contributed by atoms with Gasteiger partial charge < -0.3 is 15.1 Å². The van der Waals surface area contributed by atoms with Crippen molar-refractivity contribution in [3.8, 4) is 0 Å². The van der Waals surface area contributed by atoms with Gasteiger partial charge in [0.15, 0.2) is 5.96 Å². The molecule has 1 aliphatic rings. The molecule has 6 heteroatoms. The number of aromatic nitrogens is 1. The minimum atomic E-state index is -0.0105. The summed E-state index contributed by atoms with van der Waals surface area (Å²) in [5, 5.41) is 6.81. The number of nitrogens with zero attached hydrogens (tertiary/aromatic N) is 2. The third kappa shape index (κ3) is 6.31. The van der Waals surface area contributed by atoms with Crippen molar-refractivity contribution in [1.29, 1.82) is 0 Å². The standard InChI is InChI=1S/C17H30N4O.HI/c1-12-7-6-8-13(9-12)21-16(18-5)20-11-15-19-10-14(22-15)17(2,3)4;/h10,12-13H,6-9,11H2,1-5H3,(H2,18,20,21);1H. The van der Waals surface area contributed by atoms with Gasteiger partial charge in [-0.15, -0.1) is 24.0 Å². The SMILES string of the molecule is CN=C(NCc1ncc(C(C)(C)C)o1)NC1CCCC(C)C1.I. The number of nitrogens with one attached hydrogen (secondary N) is 2. The number of aliphatic imine (C=N–C) groups is 1. The van der Waals surface area contributed by atoms with Crippen LogP contribution in [0.25, 0.3) is 0 Å². The van der Waals surface area contributed by atoms with E-state index < -0.39 is 0 Å². The van der Waals surface area contributed by atoms with Crippen molar-refractivity contribution in [1.82, 2.24) is 15.6 Å². The molecule has 5 nitrogen and oxygen atoms in total. The van der Waals surface area contributed by atoms with E-state index in [1.54, 1.807) is 7.05 Å². The lowest BCUT2D eigenvalue weighted by atomic mass is 9.87. The van der Waals surface area contributed by atoms with Gasteiger partial charge in [-0.05, 0) is 18.8 Å². The molecule has 1 heterocycles. The van der Waals surface area contributed by atoms with Crippen molar-refractivity contribution in [2.75, 3.05) is 7.05 Å². The first-order valence-electron chi connectivity index (χ1n) is 8.31. The second-order valence-corrected chi connectivity index (χ2v) is 7.41. The summed E-state index contributed by atoms with van der Waals surface area (Å²) >= 11 is 0. The highest BCUT2D eigenvalue weighted by Crippen LogP contribution is 2.24. The molecule has 2 unspecified atom stereocenters. The molecule has 1 fully saturated rings. The number of guanidine groups is 1. The third-order valence-electron chi connectivity index (χ3n) is 4.20. The molecule has 132 valence electrons. The smallest absolute Gasteiger partial charge is 0.213 e. The number of hydrogen-bond donors (Lipinski definition) is 2. The highest BCUT2D eigenvalue weighted by Gasteiger charge is 2.21. The maximum absolute atomic E-state index is 5.79. The first-order chi connectivity index (χ1) is 10.4. The van der Waals surface area contributed by atoms with Crippen molar-refractivity contribution in [2.24, 2.45) is 10.9 Å². The third-order valence-corrected chi connectivity index (χ3v) is 4.20. The molecule has 0 spiro atoms. The molecule has 1 aromatic heterocycles. The summed E-state index contributed by atoms with van der Waals surface area (Å²) in [5.74, 6) is 3.23. The summed E-state index contributed by atoms with van der Waals surface area (Å²) in [7, 11) is 1.80. The maximum atomic E-state index is 5.79. The predicted octanol–water partition coefficient (Wildman–Crippen LogP) is 3.83. The van der Waals surface area contributed by atoms with Crippen molar-refractivity contribution in [3.63, 3.8) is 0 Å². The van der Waals surface area contributed by atoms with E-state index in [9.17, 15) is 0 Å². The molecule has 0 saturated heterocycles. The van der Waals surface area contributed by atoms with E-state index in [4.69, 9.17) is 4.42 Å². The number of rotatable bonds is 3. The molecule has 0 amide bonds. The second-order valence-electron chi connectivity index (χ2n) is 7.41. The lowest BCUT2D eigenvalue weighted by Gasteiger charge is -2.28. The molecule has 2 N–H and O–H groups in total. The molecular weight excluding hydrogens is 403 g/mol. The zero-order valence-corrected chi connectivity index (χ0v) is 17.3. The average molecular weight is 434 g/mol. The summed E-state index contributed by atoms with van der Waals surface area (Å²) in [6, 6.07) is 0.518. The van der Waals surface area contributed by atoms with Crippen molar-refractivity contribution < 1.29 is 4.42 Å². The number of halogens is 1. The van der Waals surface area contributed by atoms with Crippen LogP contribution in [0.15, 0.2) is 15.6 Å². The minimum Gasteiger partial charge on any atom is -0.443 e. The van der Waals surface area contributed by atoms with E-state index in [0.717, 1.165) is 17.6 Å². The molecule has 1 aliphatic carbocycles. The van der Waals surface area contributed by atoms with E-state index in [1.165, 1.54) is 25.7 Å². The van der Waals surface area contributed by atoms with Crippen LogP contribution in [0.1, 0.15) is 65.0 Å². The molecule has 1 aromatic rings. The van der Waals surface area contributed by atoms with Gasteiger partial charge in [-0.1, -0.05) is 40.5 Å². The maximum Gasteiger partial charge on any atom is 0.213 e. The van der Waals surface area contributed by atoms with Gasteiger partial charge in [0, 0.05) is 18.5 Å². The van der Waals surface area contributed by atoms with Crippen LogP contribution < -0.4 is 10.6 Å². The molecule has 1 saturated carbocycles. The molecule has 2 rings (SSSR count). The van der Waals surface area contributed by atoms with Gasteiger partial charge in [0.1, 0.15) is 5.76 Å². The van der Waals surface area contributed by atoms with Crippen molar-refractivity contribution >= 4 is 29.9 Å². The zero-order chi connectivity index (χ0) is 16.2. The lowest BCUT2D eigenvalue weighted by molar-refractivity contribution is 0.323. The van der Waals surface area contributed by atoms with Gasteiger partial charge in [0.2, 0.25) is 5.89 Å². The molecule has 2 atom stereocenters. The van der Waals surface area contributed by atoms with Crippen molar-refractivity contribution in [3.05, 3.63) is 17.8 Å². The summed E-state index contributed by atoms with van der Waals surface area (Å²) in [6.45, 7) is 9.24. The van der Waals surface area contributed by atoms with Crippen LogP contribution in [0.5, 0.6) is 0 Å². The fourth-order valence-corrected chi connectivity index (χ4v) is 2.85. The number of oxazole rings is 1. The lowest BCUT2D eigenvalue weighted by Crippen LogP contribution is -2.44. The fraction of sp³-hybridized carbons (Fsp3) is 0.765. The Bertz CT molecular complexity index is 507. The Balaban J connectivity index is 0.00000264. The normalized spacial score (nSPS) is 22.4. The van der Waals surface area contributed by atoms with Gasteiger partial charge in [0.25, 0.3) is 0 Å². The number of hydrogen-bond acceptors (Lipinski definition) is 3. The van der Waals surface area contributed by atoms with Gasteiger partial charge in [-0.25, -0.2) is 4.98 Å². The molecule has 23 heavy (non-hydrogen) atoms. The summed E-state index contributed by atoms with van der Waals surface area (Å²) < 4.78 is 5.79. The van der Waals surface area contributed by atoms with Gasteiger partial charge in [0.05, 0.1) is 12.7 Å². The monoisotopic (exact) mass is 434 g/mol. The molecule has 0 radical (unpaired) electrons. The molecule has 0 aliphatic heterocycles. The van der Waals surface area contributed by atoms with Crippen LogP contribution in [-0.4, -0.2) is 24.0 Å². The average Bonchev–Trinajstić information content (AvgIpc) is 2.92. The van der Waals surface area contributed by atoms with Crippen LogP contribution in [-0.2, 0) is 12.0 Å². The first-order valence-corrected chi connectivity index (χ1v) is 8.31. The van der Waals surface area contributed by atoms with Crippen LogP contribution in [0.2, 0.25) is 0 Å². The topological polar surface area (TPSA) is 62.5 Å². The van der Waals surface area contributed by atoms with Gasteiger partial charge >= 0.3 is 0 Å². The zero-order valence-electron chi connectivity index (χ0n) is 15.0. The highest BCUT2D eigenvalue weighted by molar-refractivity contribution is 14.0. The quantitative estimate of drug-likeness (QED) is 0.431. The Morgan fingerprint density at radius 3 is 2.70 bits per heavy atom. The minimum absolute atomic E-state index is 0. The van der Waals surface area contributed by atoms with E-state index >= 15 is 0 Å². The van der Waals surface area contributed by atoms with E-state index in [0.29, 0.717) is 18.5 Å². The fourth-order valence-electron chi connectivity index (χ4n) is 2.85. The Labute approximate surface area is 157 Å². The summed E-state index contributed by atoms with van der Waals surface area (Å²) in [5.41, 5.74) is -0.0105. The Hall–Kier alpha value is -0.790. The summed E-state index contributed by atoms with van der Waals surface area (Å²) in [6.07, 6.45) is 6.89. The Kier molecular flexibility index (Phi) is 7.83. The Morgan fingerprint density at radius 1 is 1.39 bits per heavy atom. The Morgan fingerprint density at radius 2 is 2.13 bits per heavy atom. The first kappa shape index (κ1) is 20.3. The molecule has 0 bridgehead atoms. The van der Waals surface area contributed by atoms with Crippen LogP contribution in [0.3, 0.4) is 0 Å². The van der Waals surface area contributed by atoms with Gasteiger partial charge in [-0.3, -0.25) is 4.99 Å². The highest BCUT2D eigenvalue weighted by atomic mass is 127. The summed E-state index contributed by atoms with van der Waals surface area (Å²) in [4.78, 5) is 8.64. The predicted molar refractivity (Wildman–Crippen MR) is 105 cm³/mol. The van der Waals surface area contributed by atoms with E-state index in [2.05, 4.69) is 48.3 Å². The van der Waals surface area contributed by atoms with Gasteiger partial charge in [-0.2, -0.15) is 0 Å². The molecule has 0 aromatic carbocycles. The molecular formula is C17H31IN4O. The second kappa shape index (κ2) is 8.89. The van der Waals surface area contributed by atoms with Crippen LogP contribution in [0, 0.1) is 5.92 Å². The van der Waals surface area contributed by atoms with Crippen LogP contribution >= 0.6 is 24.0 Å². The van der Waals surface area contributed by atoms with E-state index in [1.807, 2.05) is 6.20 Å². The largest absolute Gasteiger partial charge is 0.443 e. The van der Waals surface area contributed by atoms with Crippen LogP contribution in [0.4, 0.5) is 0 Å². The van der Waals surface area contributed by atoms with Crippen molar-refractivity contribution in [2.45, 2.75) is 71.4 Å².